The van der Waals surface area contributed by atoms with Crippen molar-refractivity contribution in [3.8, 4) is 0 Å². The number of unbranched alkanes of at least 4 members (excludes halogenated alkanes) is 12. The number of hydrogen-bond donors (Lipinski definition) is 0. The van der Waals surface area contributed by atoms with Crippen molar-refractivity contribution in [3.05, 3.63) is 0 Å². The SMILES string of the molecule is CCCCCCCCCC(C)(C)SCCS(=O)(=O)CCSC(C)(C)CCCCCCCCC. The number of hydrogen-bond acceptors (Lipinski definition) is 4. The van der Waals surface area contributed by atoms with E-state index in [1.165, 1.54) is 103 Å². The standard InChI is InChI=1S/C28H58O2S3/c1-7-9-11-13-15-17-19-21-27(3,4)31-23-25-33(29,30)26-24-32-28(5,6)22-20-18-16-14-12-10-8-2/h7-26H2,1-6H3. The molecular weight excluding hydrogens is 465 g/mol. The molecule has 0 spiro atoms. The van der Waals surface area contributed by atoms with Gasteiger partial charge in [0.15, 0.2) is 9.84 Å². The molecule has 2 nitrogen and oxygen atoms in total. The lowest BCUT2D eigenvalue weighted by molar-refractivity contribution is 0.536. The number of rotatable bonds is 24. The highest BCUT2D eigenvalue weighted by molar-refractivity contribution is 8.03. The van der Waals surface area contributed by atoms with Crippen LogP contribution in [0.4, 0.5) is 0 Å². The summed E-state index contributed by atoms with van der Waals surface area (Å²) in [7, 11) is -2.94. The zero-order valence-corrected chi connectivity index (χ0v) is 25.6. The van der Waals surface area contributed by atoms with Gasteiger partial charge in [-0.15, -0.1) is 0 Å². The van der Waals surface area contributed by atoms with Crippen LogP contribution < -0.4 is 0 Å². The van der Waals surface area contributed by atoms with Crippen molar-refractivity contribution in [3.63, 3.8) is 0 Å². The lowest BCUT2D eigenvalue weighted by atomic mass is 10.0. The van der Waals surface area contributed by atoms with Gasteiger partial charge in [-0.2, -0.15) is 23.5 Å². The minimum Gasteiger partial charge on any atom is -0.229 e. The number of thioether (sulfide) groups is 2. The summed E-state index contributed by atoms with van der Waals surface area (Å²) >= 11 is 3.70. The molecule has 0 atom stereocenters. The molecule has 0 bridgehead atoms. The smallest absolute Gasteiger partial charge is 0.151 e. The zero-order chi connectivity index (χ0) is 25.1. The van der Waals surface area contributed by atoms with Crippen LogP contribution in [-0.4, -0.2) is 40.9 Å². The average molecular weight is 523 g/mol. The molecule has 0 saturated heterocycles. The molecule has 5 heteroatoms. The summed E-state index contributed by atoms with van der Waals surface area (Å²) in [5.41, 5.74) is 0. The largest absolute Gasteiger partial charge is 0.229 e. The Kier molecular flexibility index (Phi) is 20.2. The number of sulfone groups is 1. The molecule has 33 heavy (non-hydrogen) atoms. The minimum atomic E-state index is -2.94. The second kappa shape index (κ2) is 19.8. The van der Waals surface area contributed by atoms with E-state index in [2.05, 4.69) is 41.5 Å². The maximum absolute atomic E-state index is 12.5. The molecule has 0 fully saturated rings. The molecular formula is C28H58O2S3. The van der Waals surface area contributed by atoms with Crippen LogP contribution in [-0.2, 0) is 9.84 Å². The van der Waals surface area contributed by atoms with Gasteiger partial charge in [0.2, 0.25) is 0 Å². The first-order valence-electron chi connectivity index (χ1n) is 14.0. The topological polar surface area (TPSA) is 34.1 Å². The summed E-state index contributed by atoms with van der Waals surface area (Å²) in [6, 6.07) is 0. The Morgan fingerprint density at radius 3 is 1.15 bits per heavy atom. The lowest BCUT2D eigenvalue weighted by Crippen LogP contribution is -2.22. The highest BCUT2D eigenvalue weighted by Crippen LogP contribution is 2.32. The van der Waals surface area contributed by atoms with E-state index >= 15 is 0 Å². The van der Waals surface area contributed by atoms with Crippen molar-refractivity contribution in [1.29, 1.82) is 0 Å². The monoisotopic (exact) mass is 522 g/mol. The highest BCUT2D eigenvalue weighted by Gasteiger charge is 2.22. The zero-order valence-electron chi connectivity index (χ0n) is 23.2. The second-order valence-corrected chi connectivity index (χ2v) is 17.0. The van der Waals surface area contributed by atoms with Crippen LogP contribution in [0.25, 0.3) is 0 Å². The van der Waals surface area contributed by atoms with E-state index in [1.807, 2.05) is 23.5 Å². The van der Waals surface area contributed by atoms with Crippen LogP contribution >= 0.6 is 23.5 Å². The predicted octanol–water partition coefficient (Wildman–Crippen LogP) is 9.71. The van der Waals surface area contributed by atoms with Crippen molar-refractivity contribution >= 4 is 33.4 Å². The maximum Gasteiger partial charge on any atom is 0.151 e. The molecule has 0 saturated carbocycles. The fourth-order valence-electron chi connectivity index (χ4n) is 4.15. The van der Waals surface area contributed by atoms with Gasteiger partial charge in [-0.25, -0.2) is 8.42 Å². The fraction of sp³-hybridized carbons (Fsp3) is 1.00. The molecule has 0 aromatic carbocycles. The molecule has 200 valence electrons. The third-order valence-corrected chi connectivity index (χ3v) is 11.5. The quantitative estimate of drug-likeness (QED) is 0.118. The molecule has 0 aromatic heterocycles. The van der Waals surface area contributed by atoms with Crippen molar-refractivity contribution in [2.75, 3.05) is 23.0 Å². The Hall–Kier alpha value is 0.650. The van der Waals surface area contributed by atoms with Gasteiger partial charge in [-0.1, -0.05) is 131 Å². The van der Waals surface area contributed by atoms with E-state index < -0.39 is 9.84 Å². The van der Waals surface area contributed by atoms with Crippen LogP contribution in [0.15, 0.2) is 0 Å². The Bertz CT molecular complexity index is 499. The summed E-state index contributed by atoms with van der Waals surface area (Å²) in [6.45, 7) is 13.6. The van der Waals surface area contributed by atoms with Gasteiger partial charge in [0.25, 0.3) is 0 Å². The molecule has 0 heterocycles. The molecule has 0 aromatic rings. The summed E-state index contributed by atoms with van der Waals surface area (Å²) in [6.07, 6.45) is 21.1. The van der Waals surface area contributed by atoms with Crippen LogP contribution in [0.3, 0.4) is 0 Å². The summed E-state index contributed by atoms with van der Waals surface area (Å²) in [5, 5.41) is 0. The average Bonchev–Trinajstić information content (AvgIpc) is 2.71. The van der Waals surface area contributed by atoms with E-state index in [-0.39, 0.29) is 9.49 Å². The molecule has 0 aliphatic heterocycles. The minimum absolute atomic E-state index is 0.187. The highest BCUT2D eigenvalue weighted by atomic mass is 32.2. The van der Waals surface area contributed by atoms with Gasteiger partial charge in [0.05, 0.1) is 11.5 Å². The molecule has 0 N–H and O–H groups in total. The molecule has 0 aliphatic rings. The summed E-state index contributed by atoms with van der Waals surface area (Å²) < 4.78 is 25.5. The molecule has 0 aliphatic carbocycles. The van der Waals surface area contributed by atoms with Crippen LogP contribution in [0.2, 0.25) is 0 Å². The second-order valence-electron chi connectivity index (χ2n) is 11.1. The fourth-order valence-corrected chi connectivity index (χ4v) is 8.74. The van der Waals surface area contributed by atoms with Gasteiger partial charge >= 0.3 is 0 Å². The molecule has 0 amide bonds. The van der Waals surface area contributed by atoms with E-state index in [0.29, 0.717) is 11.5 Å². The summed E-state index contributed by atoms with van der Waals surface area (Å²) in [5.74, 6) is 2.13. The normalized spacial score (nSPS) is 13.0. The van der Waals surface area contributed by atoms with Gasteiger partial charge in [0, 0.05) is 21.0 Å². The van der Waals surface area contributed by atoms with Crippen LogP contribution in [0.5, 0.6) is 0 Å². The molecule has 0 unspecified atom stereocenters. The van der Waals surface area contributed by atoms with Gasteiger partial charge in [0.1, 0.15) is 0 Å². The first kappa shape index (κ1) is 33.7. The Balaban J connectivity index is 3.92. The first-order chi connectivity index (χ1) is 15.5. The molecule has 0 radical (unpaired) electrons. The van der Waals surface area contributed by atoms with Crippen molar-refractivity contribution in [2.24, 2.45) is 0 Å². The summed E-state index contributed by atoms with van der Waals surface area (Å²) in [4.78, 5) is 0. The van der Waals surface area contributed by atoms with E-state index in [1.54, 1.807) is 0 Å². The molecule has 0 rings (SSSR count). The lowest BCUT2D eigenvalue weighted by Gasteiger charge is -2.25. The van der Waals surface area contributed by atoms with Crippen molar-refractivity contribution in [2.45, 2.75) is 154 Å². The van der Waals surface area contributed by atoms with Crippen LogP contribution in [0.1, 0.15) is 144 Å². The third-order valence-electron chi connectivity index (χ3n) is 6.54. The van der Waals surface area contributed by atoms with E-state index in [9.17, 15) is 8.42 Å². The van der Waals surface area contributed by atoms with Gasteiger partial charge in [-0.3, -0.25) is 0 Å². The Morgan fingerprint density at radius 1 is 0.515 bits per heavy atom. The maximum atomic E-state index is 12.5. The van der Waals surface area contributed by atoms with Gasteiger partial charge < -0.3 is 0 Å². The van der Waals surface area contributed by atoms with E-state index in [0.717, 1.165) is 11.5 Å². The van der Waals surface area contributed by atoms with Crippen LogP contribution in [0, 0.1) is 0 Å². The Morgan fingerprint density at radius 2 is 0.818 bits per heavy atom. The first-order valence-corrected chi connectivity index (χ1v) is 17.8. The van der Waals surface area contributed by atoms with Gasteiger partial charge in [-0.05, 0) is 12.8 Å². The van der Waals surface area contributed by atoms with Crippen molar-refractivity contribution < 1.29 is 8.42 Å². The predicted molar refractivity (Wildman–Crippen MR) is 157 cm³/mol. The van der Waals surface area contributed by atoms with E-state index in [4.69, 9.17) is 0 Å². The van der Waals surface area contributed by atoms with Crippen molar-refractivity contribution in [1.82, 2.24) is 0 Å². The third kappa shape index (κ3) is 22.8. The Labute approximate surface area is 217 Å².